The molecule has 84 valence electrons. The second-order valence-corrected chi connectivity index (χ2v) is 3.89. The van der Waals surface area contributed by atoms with Gasteiger partial charge in [0.2, 0.25) is 0 Å². The SMILES string of the molecule is CCOc1cc(O)c(C(F)(F)F)cc1I. The standard InChI is InChI=1S/C9H8F3IO2/c1-2-15-8-4-7(14)5(3-6(8)13)9(10,11)12/h3-4,14H,2H2,1H3. The molecular formula is C9H8F3IO2. The summed E-state index contributed by atoms with van der Waals surface area (Å²) < 4.78 is 42.4. The van der Waals surface area contributed by atoms with Crippen molar-refractivity contribution in [2.75, 3.05) is 6.61 Å². The highest BCUT2D eigenvalue weighted by Gasteiger charge is 2.34. The van der Waals surface area contributed by atoms with Gasteiger partial charge in [0.05, 0.1) is 15.7 Å². The zero-order valence-corrected chi connectivity index (χ0v) is 9.89. The normalized spacial score (nSPS) is 11.5. The second kappa shape index (κ2) is 4.46. The molecule has 1 rings (SSSR count). The van der Waals surface area contributed by atoms with E-state index in [1.54, 1.807) is 29.5 Å². The molecule has 15 heavy (non-hydrogen) atoms. The Hall–Kier alpha value is -0.660. The number of rotatable bonds is 2. The molecule has 0 aliphatic rings. The zero-order chi connectivity index (χ0) is 11.6. The third-order valence-corrected chi connectivity index (χ3v) is 2.50. The Balaban J connectivity index is 3.20. The monoisotopic (exact) mass is 332 g/mol. The largest absolute Gasteiger partial charge is 0.507 e. The molecular weight excluding hydrogens is 324 g/mol. The summed E-state index contributed by atoms with van der Waals surface area (Å²) >= 11 is 1.73. The molecule has 6 heteroatoms. The number of benzene rings is 1. The quantitative estimate of drug-likeness (QED) is 0.841. The Morgan fingerprint density at radius 1 is 1.40 bits per heavy atom. The molecule has 0 heterocycles. The fourth-order valence-corrected chi connectivity index (χ4v) is 1.66. The average Bonchev–Trinajstić information content (AvgIpc) is 2.09. The Morgan fingerprint density at radius 2 is 2.00 bits per heavy atom. The van der Waals surface area contributed by atoms with Crippen molar-refractivity contribution in [3.8, 4) is 11.5 Å². The van der Waals surface area contributed by atoms with Crippen LogP contribution < -0.4 is 4.74 Å². The molecule has 0 bridgehead atoms. The summed E-state index contributed by atoms with van der Waals surface area (Å²) in [6.45, 7) is 2.05. The lowest BCUT2D eigenvalue weighted by atomic mass is 10.2. The second-order valence-electron chi connectivity index (χ2n) is 2.73. The Bertz CT molecular complexity index is 363. The van der Waals surface area contributed by atoms with Crippen molar-refractivity contribution in [2.24, 2.45) is 0 Å². The number of phenolic OH excluding ortho intramolecular Hbond substituents is 1. The molecule has 1 N–H and O–H groups in total. The van der Waals surface area contributed by atoms with Gasteiger partial charge in [-0.2, -0.15) is 13.2 Å². The van der Waals surface area contributed by atoms with Crippen LogP contribution in [0.25, 0.3) is 0 Å². The van der Waals surface area contributed by atoms with Gasteiger partial charge in [0.15, 0.2) is 0 Å². The highest BCUT2D eigenvalue weighted by atomic mass is 127. The minimum Gasteiger partial charge on any atom is -0.507 e. The smallest absolute Gasteiger partial charge is 0.419 e. The van der Waals surface area contributed by atoms with Gasteiger partial charge in [-0.05, 0) is 35.6 Å². The number of aromatic hydroxyl groups is 1. The van der Waals surface area contributed by atoms with Crippen molar-refractivity contribution in [3.05, 3.63) is 21.3 Å². The lowest BCUT2D eigenvalue weighted by Gasteiger charge is -2.12. The summed E-state index contributed by atoms with van der Waals surface area (Å²) in [4.78, 5) is 0. The molecule has 0 unspecified atom stereocenters. The van der Waals surface area contributed by atoms with Gasteiger partial charge in [0.25, 0.3) is 0 Å². The van der Waals surface area contributed by atoms with Crippen molar-refractivity contribution in [1.82, 2.24) is 0 Å². The molecule has 1 aromatic rings. The van der Waals surface area contributed by atoms with E-state index in [9.17, 15) is 18.3 Å². The number of phenols is 1. The lowest BCUT2D eigenvalue weighted by Crippen LogP contribution is -2.06. The molecule has 0 aliphatic heterocycles. The highest BCUT2D eigenvalue weighted by molar-refractivity contribution is 14.1. The van der Waals surface area contributed by atoms with Crippen molar-refractivity contribution in [1.29, 1.82) is 0 Å². The van der Waals surface area contributed by atoms with Gasteiger partial charge >= 0.3 is 6.18 Å². The van der Waals surface area contributed by atoms with Gasteiger partial charge in [-0.3, -0.25) is 0 Å². The van der Waals surface area contributed by atoms with Crippen LogP contribution in [0.3, 0.4) is 0 Å². The van der Waals surface area contributed by atoms with E-state index in [4.69, 9.17) is 4.74 Å². The molecule has 0 aliphatic carbocycles. The van der Waals surface area contributed by atoms with Crippen LogP contribution >= 0.6 is 22.6 Å². The minimum atomic E-state index is -4.55. The van der Waals surface area contributed by atoms with Crippen LogP contribution in [-0.2, 0) is 6.18 Å². The molecule has 0 atom stereocenters. The van der Waals surface area contributed by atoms with E-state index in [0.29, 0.717) is 10.2 Å². The van der Waals surface area contributed by atoms with Crippen molar-refractivity contribution in [2.45, 2.75) is 13.1 Å². The first-order valence-corrected chi connectivity index (χ1v) is 5.16. The maximum atomic E-state index is 12.3. The summed E-state index contributed by atoms with van der Waals surface area (Å²) in [5, 5.41) is 9.17. The van der Waals surface area contributed by atoms with E-state index in [0.717, 1.165) is 12.1 Å². The maximum absolute atomic E-state index is 12.3. The third-order valence-electron chi connectivity index (χ3n) is 1.66. The van der Waals surface area contributed by atoms with E-state index in [1.165, 1.54) is 0 Å². The fraction of sp³-hybridized carbons (Fsp3) is 0.333. The van der Waals surface area contributed by atoms with Crippen molar-refractivity contribution >= 4 is 22.6 Å². The van der Waals surface area contributed by atoms with Crippen LogP contribution in [0.2, 0.25) is 0 Å². The zero-order valence-electron chi connectivity index (χ0n) is 7.73. The molecule has 0 aromatic heterocycles. The molecule has 1 aromatic carbocycles. The Morgan fingerprint density at radius 3 is 2.47 bits per heavy atom. The first-order chi connectivity index (χ1) is 6.86. The number of ether oxygens (including phenoxy) is 1. The van der Waals surface area contributed by atoms with E-state index in [-0.39, 0.29) is 5.75 Å². The molecule has 0 amide bonds. The first kappa shape index (κ1) is 12.4. The molecule has 0 saturated heterocycles. The van der Waals surface area contributed by atoms with Gasteiger partial charge in [-0.25, -0.2) is 0 Å². The van der Waals surface area contributed by atoms with E-state index in [1.807, 2.05) is 0 Å². The van der Waals surface area contributed by atoms with E-state index in [2.05, 4.69) is 0 Å². The Labute approximate surface area is 98.2 Å². The summed E-state index contributed by atoms with van der Waals surface area (Å²) in [5.74, 6) is -0.560. The molecule has 0 radical (unpaired) electrons. The number of halogens is 4. The van der Waals surface area contributed by atoms with Gasteiger partial charge in [0.1, 0.15) is 11.5 Å². The molecule has 2 nitrogen and oxygen atoms in total. The first-order valence-electron chi connectivity index (χ1n) is 4.08. The average molecular weight is 332 g/mol. The van der Waals surface area contributed by atoms with Gasteiger partial charge < -0.3 is 9.84 Å². The van der Waals surface area contributed by atoms with Crippen molar-refractivity contribution in [3.63, 3.8) is 0 Å². The fourth-order valence-electron chi connectivity index (χ4n) is 1.04. The summed E-state index contributed by atoms with van der Waals surface area (Å²) in [6, 6.07) is 1.84. The van der Waals surface area contributed by atoms with Crippen LogP contribution in [0.5, 0.6) is 11.5 Å². The number of hydrogen-bond donors (Lipinski definition) is 1. The van der Waals surface area contributed by atoms with E-state index >= 15 is 0 Å². The van der Waals surface area contributed by atoms with Crippen LogP contribution in [0.15, 0.2) is 12.1 Å². The maximum Gasteiger partial charge on any atom is 0.419 e. The Kier molecular flexibility index (Phi) is 3.69. The number of alkyl halides is 3. The lowest BCUT2D eigenvalue weighted by molar-refractivity contribution is -0.138. The van der Waals surface area contributed by atoms with Gasteiger partial charge in [-0.1, -0.05) is 0 Å². The number of hydrogen-bond acceptors (Lipinski definition) is 2. The predicted molar refractivity (Wildman–Crippen MR) is 57.0 cm³/mol. The van der Waals surface area contributed by atoms with Gasteiger partial charge in [0, 0.05) is 6.07 Å². The predicted octanol–water partition coefficient (Wildman–Crippen LogP) is 3.41. The summed E-state index contributed by atoms with van der Waals surface area (Å²) in [5.41, 5.74) is -1.05. The molecule has 0 spiro atoms. The minimum absolute atomic E-state index is 0.253. The van der Waals surface area contributed by atoms with Crippen molar-refractivity contribution < 1.29 is 23.0 Å². The van der Waals surface area contributed by atoms with E-state index < -0.39 is 17.5 Å². The van der Waals surface area contributed by atoms with Crippen LogP contribution in [-0.4, -0.2) is 11.7 Å². The van der Waals surface area contributed by atoms with Crippen LogP contribution in [0.4, 0.5) is 13.2 Å². The molecule has 0 saturated carbocycles. The topological polar surface area (TPSA) is 29.5 Å². The summed E-state index contributed by atoms with van der Waals surface area (Å²) in [6.07, 6.45) is -4.55. The van der Waals surface area contributed by atoms with Gasteiger partial charge in [-0.15, -0.1) is 0 Å². The third kappa shape index (κ3) is 2.90. The van der Waals surface area contributed by atoms with Crippen LogP contribution in [0, 0.1) is 3.57 Å². The summed E-state index contributed by atoms with van der Waals surface area (Å²) in [7, 11) is 0. The van der Waals surface area contributed by atoms with Crippen LogP contribution in [0.1, 0.15) is 12.5 Å². The highest BCUT2D eigenvalue weighted by Crippen LogP contribution is 2.39. The molecule has 0 fully saturated rings.